The first kappa shape index (κ1) is 31.7. The smallest absolute Gasteiger partial charge is 0.410 e. The fraction of sp³-hybridized carbons (Fsp3) is 0.840. The van der Waals surface area contributed by atoms with E-state index in [1.54, 1.807) is 27.7 Å². The van der Waals surface area contributed by atoms with Crippen molar-refractivity contribution in [3.63, 3.8) is 0 Å². The van der Waals surface area contributed by atoms with E-state index in [-0.39, 0.29) is 19.5 Å². The van der Waals surface area contributed by atoms with Crippen LogP contribution in [0.3, 0.4) is 0 Å². The Morgan fingerprint density at radius 3 is 2.51 bits per heavy atom. The third kappa shape index (κ3) is 8.76. The van der Waals surface area contributed by atoms with Crippen LogP contribution in [0.5, 0.6) is 0 Å². The summed E-state index contributed by atoms with van der Waals surface area (Å²) in [4.78, 5) is 28.0. The number of rotatable bonds is 9. The molecule has 0 aliphatic carbocycles. The summed E-state index contributed by atoms with van der Waals surface area (Å²) in [5.41, 5.74) is 5.91. The predicted molar refractivity (Wildman–Crippen MR) is 137 cm³/mol. The van der Waals surface area contributed by atoms with Crippen molar-refractivity contribution >= 4 is 23.6 Å². The van der Waals surface area contributed by atoms with Crippen molar-refractivity contribution in [2.45, 2.75) is 113 Å². The van der Waals surface area contributed by atoms with Gasteiger partial charge in [-0.3, -0.25) is 14.1 Å². The molecule has 0 spiro atoms. The molecule has 10 nitrogen and oxygen atoms in total. The number of halogens is 2. The molecule has 0 aromatic rings. The molecule has 214 valence electrons. The monoisotopic (exact) mass is 551 g/mol. The van der Waals surface area contributed by atoms with Gasteiger partial charge in [0.05, 0.1) is 24.2 Å². The molecule has 2 heterocycles. The highest BCUT2D eigenvalue weighted by atomic mass is 35.5. The lowest BCUT2D eigenvalue weighted by Gasteiger charge is -2.44. The van der Waals surface area contributed by atoms with Crippen LogP contribution >= 0.6 is 11.6 Å². The Balaban J connectivity index is 2.28. The molecular formula is C25H43ClFN3O7. The highest BCUT2D eigenvalue weighted by Gasteiger charge is 2.48. The second kappa shape index (κ2) is 14.0. The van der Waals surface area contributed by atoms with Crippen molar-refractivity contribution in [1.29, 1.82) is 0 Å². The number of aliphatic hydroxyl groups excluding tert-OH is 3. The van der Waals surface area contributed by atoms with Crippen LogP contribution in [0, 0.1) is 0 Å². The van der Waals surface area contributed by atoms with E-state index in [0.29, 0.717) is 25.7 Å². The number of nitrogens with zero attached hydrogens (tertiary/aromatic N) is 1. The van der Waals surface area contributed by atoms with E-state index >= 15 is 0 Å². The van der Waals surface area contributed by atoms with Crippen LogP contribution in [0.2, 0.25) is 0 Å². The number of ether oxygens (including phenoxy) is 2. The van der Waals surface area contributed by atoms with E-state index in [4.69, 9.17) is 26.8 Å². The zero-order valence-electron chi connectivity index (χ0n) is 22.1. The Morgan fingerprint density at radius 2 is 1.95 bits per heavy atom. The Morgan fingerprint density at radius 1 is 1.27 bits per heavy atom. The molecule has 37 heavy (non-hydrogen) atoms. The fourth-order valence-electron chi connectivity index (χ4n) is 4.58. The van der Waals surface area contributed by atoms with E-state index < -0.39 is 72.3 Å². The first-order chi connectivity index (χ1) is 17.3. The third-order valence-electron chi connectivity index (χ3n) is 6.63. The standard InChI is InChI=1S/C25H43ClFN3O7/c1-14(26)18(22-21(33)20(32)19(31)17(13-28)36-22)29-23(34)16-9-8-15(7-5-6-11-27)10-12-30(16)24(35)37-25(2,3)4/h8,14,16-22,31-33H,5-7,9-13,28H2,1-4H3,(H,29,34). The Bertz CT molecular complexity index is 793. The number of amides is 2. The van der Waals surface area contributed by atoms with Crippen LogP contribution in [-0.2, 0) is 14.3 Å². The van der Waals surface area contributed by atoms with Gasteiger partial charge in [-0.15, -0.1) is 11.6 Å². The minimum Gasteiger partial charge on any atom is -0.444 e. The molecule has 6 N–H and O–H groups in total. The molecule has 0 aromatic carbocycles. The highest BCUT2D eigenvalue weighted by molar-refractivity contribution is 6.21. The number of carbonyl (C=O) groups excluding carboxylic acids is 2. The molecule has 8 atom stereocenters. The second-order valence-electron chi connectivity index (χ2n) is 10.7. The minimum absolute atomic E-state index is 0.121. The van der Waals surface area contributed by atoms with Gasteiger partial charge in [0.15, 0.2) is 0 Å². The SMILES string of the molecule is CC(Cl)C(NC(=O)C1CC=C(CCCCF)CCN1C(=O)OC(C)(C)C)C1OC(CN)C(O)C(O)C1O. The molecule has 2 aliphatic heterocycles. The zero-order valence-corrected chi connectivity index (χ0v) is 22.9. The number of alkyl halides is 2. The van der Waals surface area contributed by atoms with Gasteiger partial charge in [0.25, 0.3) is 0 Å². The van der Waals surface area contributed by atoms with E-state index in [1.807, 2.05) is 6.08 Å². The summed E-state index contributed by atoms with van der Waals surface area (Å²) in [6.07, 6.45) is -2.83. The third-order valence-corrected chi connectivity index (χ3v) is 6.90. The molecule has 12 heteroatoms. The van der Waals surface area contributed by atoms with E-state index in [9.17, 15) is 29.3 Å². The lowest BCUT2D eigenvalue weighted by molar-refractivity contribution is -0.225. The Kier molecular flexibility index (Phi) is 12.0. The number of unbranched alkanes of at least 4 members (excludes halogenated alkanes) is 1. The lowest BCUT2D eigenvalue weighted by Crippen LogP contribution is -2.67. The van der Waals surface area contributed by atoms with Crippen LogP contribution in [0.15, 0.2) is 11.6 Å². The van der Waals surface area contributed by atoms with E-state index in [2.05, 4.69) is 5.32 Å². The highest BCUT2D eigenvalue weighted by Crippen LogP contribution is 2.27. The summed E-state index contributed by atoms with van der Waals surface area (Å²) < 4.78 is 23.9. The largest absolute Gasteiger partial charge is 0.444 e. The molecule has 2 amide bonds. The summed E-state index contributed by atoms with van der Waals surface area (Å²) >= 11 is 6.38. The number of aliphatic hydroxyl groups is 3. The van der Waals surface area contributed by atoms with Gasteiger partial charge >= 0.3 is 6.09 Å². The normalized spacial score (nSPS) is 30.6. The zero-order chi connectivity index (χ0) is 27.9. The van der Waals surface area contributed by atoms with Gasteiger partial charge in [-0.25, -0.2) is 4.79 Å². The summed E-state index contributed by atoms with van der Waals surface area (Å²) in [7, 11) is 0. The predicted octanol–water partition coefficient (Wildman–Crippen LogP) is 1.37. The molecule has 0 bridgehead atoms. The first-order valence-electron chi connectivity index (χ1n) is 12.9. The topological polar surface area (TPSA) is 155 Å². The van der Waals surface area contributed by atoms with Gasteiger partial charge < -0.3 is 35.8 Å². The number of hydrogen-bond acceptors (Lipinski definition) is 8. The first-order valence-corrected chi connectivity index (χ1v) is 13.3. The van der Waals surface area contributed by atoms with Crippen LogP contribution in [0.25, 0.3) is 0 Å². The van der Waals surface area contributed by atoms with Crippen LogP contribution in [0.1, 0.15) is 59.8 Å². The number of hydrogen-bond donors (Lipinski definition) is 5. The molecular weight excluding hydrogens is 509 g/mol. The molecule has 0 radical (unpaired) electrons. The van der Waals surface area contributed by atoms with Gasteiger partial charge in [0, 0.05) is 13.1 Å². The van der Waals surface area contributed by atoms with E-state index in [1.165, 1.54) is 4.90 Å². The lowest BCUT2D eigenvalue weighted by atomic mass is 9.90. The molecule has 0 saturated carbocycles. The van der Waals surface area contributed by atoms with Gasteiger partial charge in [-0.1, -0.05) is 11.6 Å². The van der Waals surface area contributed by atoms with Crippen molar-refractivity contribution in [2.24, 2.45) is 5.73 Å². The average Bonchev–Trinajstić information content (AvgIpc) is 3.03. The van der Waals surface area contributed by atoms with Gasteiger partial charge in [-0.2, -0.15) is 0 Å². The summed E-state index contributed by atoms with van der Waals surface area (Å²) in [5.74, 6) is -0.537. The molecule has 0 aromatic heterocycles. The maximum atomic E-state index is 13.6. The van der Waals surface area contributed by atoms with Crippen molar-refractivity contribution in [1.82, 2.24) is 10.2 Å². The Labute approximate surface area is 223 Å². The number of carbonyl (C=O) groups is 2. The summed E-state index contributed by atoms with van der Waals surface area (Å²) in [5, 5.41) is 33.1. The molecule has 1 saturated heterocycles. The van der Waals surface area contributed by atoms with Gasteiger partial charge in [-0.05, 0) is 59.8 Å². The average molecular weight is 552 g/mol. The van der Waals surface area contributed by atoms with Crippen LogP contribution in [-0.4, -0.2) is 106 Å². The molecule has 1 fully saturated rings. The van der Waals surface area contributed by atoms with Crippen molar-refractivity contribution < 1.29 is 38.8 Å². The van der Waals surface area contributed by atoms with Crippen molar-refractivity contribution in [3.8, 4) is 0 Å². The van der Waals surface area contributed by atoms with Crippen LogP contribution < -0.4 is 11.1 Å². The summed E-state index contributed by atoms with van der Waals surface area (Å²) in [6.45, 7) is 6.52. The molecule has 2 aliphatic rings. The van der Waals surface area contributed by atoms with Crippen molar-refractivity contribution in [2.75, 3.05) is 19.8 Å². The summed E-state index contributed by atoms with van der Waals surface area (Å²) in [6, 6.07) is -1.91. The maximum absolute atomic E-state index is 13.6. The molecule has 2 rings (SSSR count). The van der Waals surface area contributed by atoms with Gasteiger partial charge in [0.2, 0.25) is 5.91 Å². The van der Waals surface area contributed by atoms with Gasteiger partial charge in [0.1, 0.15) is 36.1 Å². The Hall–Kier alpha value is -1.50. The molecule has 8 unspecified atom stereocenters. The number of nitrogens with one attached hydrogen (secondary N) is 1. The minimum atomic E-state index is -1.55. The van der Waals surface area contributed by atoms with E-state index in [0.717, 1.165) is 5.57 Å². The number of nitrogens with two attached hydrogens (primary N) is 1. The van der Waals surface area contributed by atoms with Crippen molar-refractivity contribution in [3.05, 3.63) is 11.6 Å². The van der Waals surface area contributed by atoms with Crippen LogP contribution in [0.4, 0.5) is 9.18 Å². The maximum Gasteiger partial charge on any atom is 0.410 e. The quantitative estimate of drug-likeness (QED) is 0.163. The fourth-order valence-corrected chi connectivity index (χ4v) is 4.79. The second-order valence-corrected chi connectivity index (χ2v) is 11.4.